The van der Waals surface area contributed by atoms with Crippen molar-refractivity contribution < 1.29 is 9.53 Å². The molecule has 0 spiro atoms. The van der Waals surface area contributed by atoms with Crippen molar-refractivity contribution in [1.29, 1.82) is 0 Å². The summed E-state index contributed by atoms with van der Waals surface area (Å²) in [6.07, 6.45) is 0.910. The molecule has 0 aromatic heterocycles. The highest BCUT2D eigenvalue weighted by atomic mass is 16.5. The second kappa shape index (κ2) is 5.54. The maximum absolute atomic E-state index is 10.9. The molecule has 1 rings (SSSR count). The van der Waals surface area contributed by atoms with E-state index in [-0.39, 0.29) is 18.0 Å². The molecule has 15 heavy (non-hydrogen) atoms. The van der Waals surface area contributed by atoms with Crippen LogP contribution in [0.25, 0.3) is 0 Å². The summed E-state index contributed by atoms with van der Waals surface area (Å²) in [5, 5.41) is 0. The predicted octanol–water partition coefficient (Wildman–Crippen LogP) is 3.13. The van der Waals surface area contributed by atoms with E-state index < -0.39 is 0 Å². The van der Waals surface area contributed by atoms with Crippen molar-refractivity contribution >= 4 is 5.97 Å². The second-order valence-corrected chi connectivity index (χ2v) is 3.74. The van der Waals surface area contributed by atoms with E-state index in [1.807, 2.05) is 25.1 Å². The third-order valence-corrected chi connectivity index (χ3v) is 2.59. The normalized spacial score (nSPS) is 14.3. The van der Waals surface area contributed by atoms with Gasteiger partial charge in [-0.05, 0) is 18.9 Å². The van der Waals surface area contributed by atoms with Gasteiger partial charge in [0, 0.05) is 12.8 Å². The van der Waals surface area contributed by atoms with Gasteiger partial charge in [0.1, 0.15) is 6.10 Å². The summed E-state index contributed by atoms with van der Waals surface area (Å²) in [5.41, 5.74) is 1.23. The van der Waals surface area contributed by atoms with Crippen molar-refractivity contribution in [2.24, 2.45) is 0 Å². The van der Waals surface area contributed by atoms with Crippen molar-refractivity contribution in [3.8, 4) is 0 Å². The molecule has 2 nitrogen and oxygen atoms in total. The molecule has 0 fully saturated rings. The van der Waals surface area contributed by atoms with Crippen molar-refractivity contribution in [1.82, 2.24) is 0 Å². The Morgan fingerprint density at radius 3 is 2.40 bits per heavy atom. The van der Waals surface area contributed by atoms with Gasteiger partial charge >= 0.3 is 5.97 Å². The SMILES string of the molecule is CCC(c1ccccc1)C(C)OC(C)=O. The lowest BCUT2D eigenvalue weighted by Gasteiger charge is -2.22. The lowest BCUT2D eigenvalue weighted by atomic mass is 9.92. The van der Waals surface area contributed by atoms with Gasteiger partial charge in [-0.1, -0.05) is 37.3 Å². The minimum absolute atomic E-state index is 0.0603. The Labute approximate surface area is 91.3 Å². The van der Waals surface area contributed by atoms with Crippen LogP contribution >= 0.6 is 0 Å². The minimum atomic E-state index is -0.211. The van der Waals surface area contributed by atoms with Gasteiger partial charge in [-0.2, -0.15) is 0 Å². The van der Waals surface area contributed by atoms with Crippen LogP contribution in [-0.2, 0) is 9.53 Å². The van der Waals surface area contributed by atoms with Crippen LogP contribution in [0.5, 0.6) is 0 Å². The van der Waals surface area contributed by atoms with Crippen molar-refractivity contribution in [2.45, 2.75) is 39.2 Å². The standard InChI is InChI=1S/C13H18O2/c1-4-13(10(2)15-11(3)14)12-8-6-5-7-9-12/h5-10,13H,4H2,1-3H3. The molecular weight excluding hydrogens is 188 g/mol. The number of ether oxygens (including phenoxy) is 1. The van der Waals surface area contributed by atoms with Crippen LogP contribution in [0.4, 0.5) is 0 Å². The number of hydrogen-bond donors (Lipinski definition) is 0. The molecule has 0 aliphatic heterocycles. The average Bonchev–Trinajstić information content (AvgIpc) is 2.19. The first kappa shape index (κ1) is 11.8. The molecule has 0 saturated carbocycles. The van der Waals surface area contributed by atoms with Gasteiger partial charge in [0.15, 0.2) is 0 Å². The summed E-state index contributed by atoms with van der Waals surface area (Å²) < 4.78 is 5.22. The first-order valence-corrected chi connectivity index (χ1v) is 5.37. The van der Waals surface area contributed by atoms with Crippen LogP contribution in [0.3, 0.4) is 0 Å². The third-order valence-electron chi connectivity index (χ3n) is 2.59. The molecule has 0 bridgehead atoms. The van der Waals surface area contributed by atoms with Crippen LogP contribution in [0.15, 0.2) is 30.3 Å². The number of carbonyl (C=O) groups excluding carboxylic acids is 1. The molecule has 0 amide bonds. The van der Waals surface area contributed by atoms with Crippen molar-refractivity contribution in [2.75, 3.05) is 0 Å². The Kier molecular flexibility index (Phi) is 4.35. The Morgan fingerprint density at radius 1 is 1.33 bits per heavy atom. The molecule has 0 saturated heterocycles. The van der Waals surface area contributed by atoms with E-state index in [0.29, 0.717) is 0 Å². The number of hydrogen-bond acceptors (Lipinski definition) is 2. The summed E-state index contributed by atoms with van der Waals surface area (Å²) in [7, 11) is 0. The fourth-order valence-electron chi connectivity index (χ4n) is 1.88. The Balaban J connectivity index is 2.75. The van der Waals surface area contributed by atoms with Crippen LogP contribution < -0.4 is 0 Å². The lowest BCUT2D eigenvalue weighted by molar-refractivity contribution is -0.146. The van der Waals surface area contributed by atoms with Crippen molar-refractivity contribution in [3.05, 3.63) is 35.9 Å². The van der Waals surface area contributed by atoms with Crippen LogP contribution in [0, 0.1) is 0 Å². The fourth-order valence-corrected chi connectivity index (χ4v) is 1.88. The second-order valence-electron chi connectivity index (χ2n) is 3.74. The molecule has 2 atom stereocenters. The van der Waals surface area contributed by atoms with Crippen molar-refractivity contribution in [3.63, 3.8) is 0 Å². The molecule has 2 unspecified atom stereocenters. The average molecular weight is 206 g/mol. The van der Waals surface area contributed by atoms with Gasteiger partial charge in [-0.15, -0.1) is 0 Å². The molecule has 82 valence electrons. The molecular formula is C13H18O2. The maximum Gasteiger partial charge on any atom is 0.302 e. The highest BCUT2D eigenvalue weighted by Crippen LogP contribution is 2.24. The number of rotatable bonds is 4. The Bertz CT molecular complexity index is 306. The van der Waals surface area contributed by atoms with E-state index in [1.165, 1.54) is 12.5 Å². The third kappa shape index (κ3) is 3.39. The van der Waals surface area contributed by atoms with Gasteiger partial charge < -0.3 is 4.74 Å². The van der Waals surface area contributed by atoms with E-state index in [9.17, 15) is 4.79 Å². The fraction of sp³-hybridized carbons (Fsp3) is 0.462. The Hall–Kier alpha value is -1.31. The number of esters is 1. The summed E-state index contributed by atoms with van der Waals surface area (Å²) in [5.74, 6) is 0.0759. The summed E-state index contributed by atoms with van der Waals surface area (Å²) in [6.45, 7) is 5.51. The molecule has 1 aromatic carbocycles. The highest BCUT2D eigenvalue weighted by Gasteiger charge is 2.19. The molecule has 2 heteroatoms. The zero-order valence-electron chi connectivity index (χ0n) is 9.57. The van der Waals surface area contributed by atoms with E-state index >= 15 is 0 Å². The quantitative estimate of drug-likeness (QED) is 0.707. The number of benzene rings is 1. The van der Waals surface area contributed by atoms with Gasteiger partial charge in [-0.25, -0.2) is 0 Å². The zero-order chi connectivity index (χ0) is 11.3. The largest absolute Gasteiger partial charge is 0.462 e. The molecule has 1 aromatic rings. The summed E-state index contributed by atoms with van der Waals surface area (Å²) >= 11 is 0. The van der Waals surface area contributed by atoms with Gasteiger partial charge in [0.05, 0.1) is 0 Å². The van der Waals surface area contributed by atoms with Crippen LogP contribution in [-0.4, -0.2) is 12.1 Å². The molecule has 0 N–H and O–H groups in total. The smallest absolute Gasteiger partial charge is 0.302 e. The van der Waals surface area contributed by atoms with Crippen LogP contribution in [0.1, 0.15) is 38.7 Å². The minimum Gasteiger partial charge on any atom is -0.462 e. The van der Waals surface area contributed by atoms with E-state index in [0.717, 1.165) is 6.42 Å². The van der Waals surface area contributed by atoms with E-state index in [1.54, 1.807) is 0 Å². The maximum atomic E-state index is 10.9. The van der Waals surface area contributed by atoms with E-state index in [4.69, 9.17) is 4.74 Å². The number of carbonyl (C=O) groups is 1. The topological polar surface area (TPSA) is 26.3 Å². The Morgan fingerprint density at radius 2 is 1.93 bits per heavy atom. The zero-order valence-corrected chi connectivity index (χ0v) is 9.57. The molecule has 0 aliphatic rings. The molecule has 0 radical (unpaired) electrons. The summed E-state index contributed by atoms with van der Waals surface area (Å²) in [4.78, 5) is 10.9. The lowest BCUT2D eigenvalue weighted by Crippen LogP contribution is -2.20. The molecule has 0 aliphatic carbocycles. The summed E-state index contributed by atoms with van der Waals surface area (Å²) in [6, 6.07) is 10.2. The highest BCUT2D eigenvalue weighted by molar-refractivity contribution is 5.66. The first-order valence-electron chi connectivity index (χ1n) is 5.37. The van der Waals surface area contributed by atoms with E-state index in [2.05, 4.69) is 19.1 Å². The first-order chi connectivity index (χ1) is 7.15. The predicted molar refractivity (Wildman–Crippen MR) is 60.7 cm³/mol. The van der Waals surface area contributed by atoms with Gasteiger partial charge in [-0.3, -0.25) is 4.79 Å². The monoisotopic (exact) mass is 206 g/mol. The van der Waals surface area contributed by atoms with Gasteiger partial charge in [0.2, 0.25) is 0 Å². The molecule has 0 heterocycles. The van der Waals surface area contributed by atoms with Crippen LogP contribution in [0.2, 0.25) is 0 Å². The van der Waals surface area contributed by atoms with Gasteiger partial charge in [0.25, 0.3) is 0 Å².